The first kappa shape index (κ1) is 23.0. The van der Waals surface area contributed by atoms with Gasteiger partial charge in [0, 0.05) is 36.2 Å². The van der Waals surface area contributed by atoms with Crippen LogP contribution >= 0.6 is 0 Å². The maximum absolute atomic E-state index is 12.6. The van der Waals surface area contributed by atoms with Gasteiger partial charge < -0.3 is 29.4 Å². The monoisotopic (exact) mass is 431 g/mol. The number of rotatable bonds is 10. The molecule has 1 aromatic heterocycles. The van der Waals surface area contributed by atoms with Crippen LogP contribution in [0.15, 0.2) is 42.6 Å². The number of aliphatic carboxylic acids is 1. The highest BCUT2D eigenvalue weighted by Crippen LogP contribution is 2.26. The van der Waals surface area contributed by atoms with Gasteiger partial charge in [-0.15, -0.1) is 0 Å². The molecule has 0 saturated carbocycles. The molecule has 2 heterocycles. The number of allylic oxidation sites excluding steroid dienone is 1. The van der Waals surface area contributed by atoms with E-state index in [1.54, 1.807) is 19.2 Å². The summed E-state index contributed by atoms with van der Waals surface area (Å²) in [6.07, 6.45) is 5.23. The normalized spacial score (nSPS) is 23.9. The van der Waals surface area contributed by atoms with Crippen LogP contribution in [0.2, 0.25) is 0 Å². The van der Waals surface area contributed by atoms with Gasteiger partial charge in [-0.25, -0.2) is 9.59 Å². The number of unbranched alkanes of at least 4 members (excludes halogenated alkanes) is 3. The van der Waals surface area contributed by atoms with E-state index in [0.717, 1.165) is 36.2 Å². The Hall–Kier alpha value is -2.68. The number of carboxylic acids is 1. The summed E-state index contributed by atoms with van der Waals surface area (Å²) in [5.74, 6) is -1.40. The molecule has 1 aliphatic rings. The lowest BCUT2D eigenvalue weighted by atomic mass is 10.0. The molecule has 0 aliphatic carbocycles. The van der Waals surface area contributed by atoms with Crippen molar-refractivity contribution in [3.63, 3.8) is 0 Å². The molecule has 0 amide bonds. The number of hydrogen-bond donors (Lipinski definition) is 3. The van der Waals surface area contributed by atoms with E-state index in [0.29, 0.717) is 18.6 Å². The van der Waals surface area contributed by atoms with E-state index >= 15 is 0 Å². The van der Waals surface area contributed by atoms with Crippen molar-refractivity contribution in [2.24, 2.45) is 0 Å². The van der Waals surface area contributed by atoms with Crippen molar-refractivity contribution in [3.05, 3.63) is 48.2 Å². The number of carbonyl (C=O) groups excluding carboxylic acids is 1. The number of fused-ring (bicyclic) bond motifs is 1. The Labute approximate surface area is 180 Å². The summed E-state index contributed by atoms with van der Waals surface area (Å²) in [5, 5.41) is 19.7. The standard InChI is InChI=1S/C23H29NO7/c1-15-20(31-22(28)17-14-24-18-10-7-6-9-16(17)18)13-19(25)23(30-15)29-12-8-4-2-3-5-11-21(26)27/h5-7,9-11,14-15,19-20,23-25H,2-4,8,12-13H2,1H3,(H,26,27)/b11-5+/t15?,19-,20?,23?/m0/s1. The maximum atomic E-state index is 12.6. The fourth-order valence-corrected chi connectivity index (χ4v) is 3.59. The van der Waals surface area contributed by atoms with E-state index in [1.165, 1.54) is 0 Å². The van der Waals surface area contributed by atoms with E-state index in [4.69, 9.17) is 19.3 Å². The number of para-hydroxylation sites is 1. The highest BCUT2D eigenvalue weighted by Gasteiger charge is 2.38. The number of aromatic amines is 1. The molecule has 0 bridgehead atoms. The van der Waals surface area contributed by atoms with Crippen LogP contribution in [-0.2, 0) is 19.0 Å². The smallest absolute Gasteiger partial charge is 0.340 e. The zero-order chi connectivity index (χ0) is 22.2. The Morgan fingerprint density at radius 1 is 1.26 bits per heavy atom. The molecule has 8 nitrogen and oxygen atoms in total. The number of benzene rings is 1. The lowest BCUT2D eigenvalue weighted by molar-refractivity contribution is -0.260. The van der Waals surface area contributed by atoms with E-state index < -0.39 is 36.5 Å². The number of nitrogens with one attached hydrogen (secondary N) is 1. The van der Waals surface area contributed by atoms with Crippen LogP contribution in [0, 0.1) is 0 Å². The van der Waals surface area contributed by atoms with Crippen molar-refractivity contribution < 1.29 is 34.0 Å². The van der Waals surface area contributed by atoms with Crippen molar-refractivity contribution in [2.75, 3.05) is 6.61 Å². The molecule has 1 saturated heterocycles. The number of carbonyl (C=O) groups is 2. The van der Waals surface area contributed by atoms with Gasteiger partial charge in [0.2, 0.25) is 0 Å². The van der Waals surface area contributed by atoms with E-state index in [1.807, 2.05) is 24.3 Å². The van der Waals surface area contributed by atoms with Crippen molar-refractivity contribution in [1.29, 1.82) is 0 Å². The SMILES string of the molecule is CC1OC(OCCCCC/C=C/C(=O)O)[C@@H](O)CC1OC(=O)c1c[nH]c2ccccc12. The summed E-state index contributed by atoms with van der Waals surface area (Å²) in [6, 6.07) is 7.48. The zero-order valence-corrected chi connectivity index (χ0v) is 17.5. The summed E-state index contributed by atoms with van der Waals surface area (Å²) in [7, 11) is 0. The Kier molecular flexibility index (Phi) is 8.22. The number of ether oxygens (including phenoxy) is 3. The number of H-pyrrole nitrogens is 1. The lowest BCUT2D eigenvalue weighted by Crippen LogP contribution is -2.48. The summed E-state index contributed by atoms with van der Waals surface area (Å²) in [5.41, 5.74) is 1.31. The Bertz CT molecular complexity index is 906. The molecule has 2 aromatic rings. The highest BCUT2D eigenvalue weighted by molar-refractivity contribution is 6.04. The Morgan fingerprint density at radius 2 is 2.06 bits per heavy atom. The molecule has 8 heteroatoms. The molecule has 168 valence electrons. The molecule has 0 spiro atoms. The quantitative estimate of drug-likeness (QED) is 0.300. The summed E-state index contributed by atoms with van der Waals surface area (Å²) in [6.45, 7) is 2.22. The van der Waals surface area contributed by atoms with Gasteiger partial charge in [-0.1, -0.05) is 30.7 Å². The predicted molar refractivity (Wildman–Crippen MR) is 114 cm³/mol. The zero-order valence-electron chi connectivity index (χ0n) is 17.5. The number of esters is 1. The van der Waals surface area contributed by atoms with Gasteiger partial charge in [-0.3, -0.25) is 0 Å². The van der Waals surface area contributed by atoms with Gasteiger partial charge in [0.1, 0.15) is 12.2 Å². The number of aliphatic hydroxyl groups is 1. The average molecular weight is 431 g/mol. The minimum Gasteiger partial charge on any atom is -0.478 e. The van der Waals surface area contributed by atoms with Crippen LogP contribution in [0.5, 0.6) is 0 Å². The van der Waals surface area contributed by atoms with Gasteiger partial charge in [-0.05, 0) is 32.3 Å². The topological polar surface area (TPSA) is 118 Å². The molecule has 3 rings (SSSR count). The minimum atomic E-state index is -0.939. The van der Waals surface area contributed by atoms with Gasteiger partial charge in [0.25, 0.3) is 0 Å². The fraction of sp³-hybridized carbons (Fsp3) is 0.478. The number of carboxylic acid groups (broad SMARTS) is 1. The second-order valence-corrected chi connectivity index (χ2v) is 7.67. The van der Waals surface area contributed by atoms with Gasteiger partial charge in [0.15, 0.2) is 6.29 Å². The van der Waals surface area contributed by atoms with Gasteiger partial charge in [0.05, 0.1) is 11.7 Å². The van der Waals surface area contributed by atoms with Crippen molar-refractivity contribution in [1.82, 2.24) is 4.98 Å². The predicted octanol–water partition coefficient (Wildman–Crippen LogP) is 3.41. The number of aromatic nitrogens is 1. The number of aliphatic hydroxyl groups excluding tert-OH is 1. The Morgan fingerprint density at radius 3 is 2.87 bits per heavy atom. The fourth-order valence-electron chi connectivity index (χ4n) is 3.59. The molecular formula is C23H29NO7. The highest BCUT2D eigenvalue weighted by atomic mass is 16.7. The third kappa shape index (κ3) is 6.40. The first-order chi connectivity index (χ1) is 15.0. The van der Waals surface area contributed by atoms with E-state index in [9.17, 15) is 14.7 Å². The molecule has 1 aliphatic heterocycles. The van der Waals surface area contributed by atoms with Crippen LogP contribution in [0.4, 0.5) is 0 Å². The third-order valence-electron chi connectivity index (χ3n) is 5.29. The van der Waals surface area contributed by atoms with Gasteiger partial charge >= 0.3 is 11.9 Å². The van der Waals surface area contributed by atoms with Crippen molar-refractivity contribution >= 4 is 22.8 Å². The van der Waals surface area contributed by atoms with Crippen LogP contribution < -0.4 is 0 Å². The maximum Gasteiger partial charge on any atom is 0.340 e. The van der Waals surface area contributed by atoms with Crippen LogP contribution in [-0.4, -0.2) is 58.3 Å². The molecule has 3 N–H and O–H groups in total. The van der Waals surface area contributed by atoms with E-state index in [2.05, 4.69) is 4.98 Å². The molecule has 4 atom stereocenters. The van der Waals surface area contributed by atoms with Crippen LogP contribution in [0.25, 0.3) is 10.9 Å². The molecule has 1 aromatic carbocycles. The molecule has 3 unspecified atom stereocenters. The minimum absolute atomic E-state index is 0.236. The van der Waals surface area contributed by atoms with Crippen LogP contribution in [0.3, 0.4) is 0 Å². The second-order valence-electron chi connectivity index (χ2n) is 7.67. The molecular weight excluding hydrogens is 402 g/mol. The average Bonchev–Trinajstić information content (AvgIpc) is 3.17. The molecule has 0 radical (unpaired) electrons. The first-order valence-electron chi connectivity index (χ1n) is 10.6. The lowest BCUT2D eigenvalue weighted by Gasteiger charge is -2.37. The summed E-state index contributed by atoms with van der Waals surface area (Å²) >= 11 is 0. The summed E-state index contributed by atoms with van der Waals surface area (Å²) < 4.78 is 17.0. The largest absolute Gasteiger partial charge is 0.478 e. The van der Waals surface area contributed by atoms with Crippen molar-refractivity contribution in [2.45, 2.75) is 63.6 Å². The number of hydrogen-bond acceptors (Lipinski definition) is 6. The third-order valence-corrected chi connectivity index (χ3v) is 5.29. The van der Waals surface area contributed by atoms with Crippen LogP contribution in [0.1, 0.15) is 49.4 Å². The summed E-state index contributed by atoms with van der Waals surface area (Å²) in [4.78, 5) is 26.1. The van der Waals surface area contributed by atoms with E-state index in [-0.39, 0.29) is 6.42 Å². The Balaban J connectivity index is 1.41. The molecule has 1 fully saturated rings. The first-order valence-corrected chi connectivity index (χ1v) is 10.6. The van der Waals surface area contributed by atoms with Crippen molar-refractivity contribution in [3.8, 4) is 0 Å². The van der Waals surface area contributed by atoms with Gasteiger partial charge in [-0.2, -0.15) is 0 Å². The molecule has 31 heavy (non-hydrogen) atoms. The second kappa shape index (κ2) is 11.1.